The standard InChI is InChI=1S/C32H34N4O4.C30H32N6O5/c1-3-21-9-8-10-23(17-21)34-29(39)18-26-31(40)36(19-28(38)32(2,20-37)22-14-15-22)27-13-5-4-11-24(27)30(35-26)25-12-6-7-16-33-25;1-19(37)41-18-30(2,3)25(38)17-36-24-14-6-5-12-22(24)26(23-13-7-8-15-32-23)34-27(28(36)39)35-29(40)33-21-11-9-10-20(16-21)31-4/h4-13,16-17,22,26,37H,3,14-15,18-20H2,1-2H3,(H,34,39);5-16,27,31H,17-18H2,1-4H3,(H2,33,35,40). The van der Waals surface area contributed by atoms with Gasteiger partial charge in [-0.15, -0.1) is 0 Å². The highest BCUT2D eigenvalue weighted by Crippen LogP contribution is 2.46. The number of esters is 1. The molecule has 6 aromatic rings. The molecule has 9 rings (SSSR count). The Morgan fingerprint density at radius 2 is 1.22 bits per heavy atom. The number of hydrogen-bond acceptors (Lipinski definition) is 14. The van der Waals surface area contributed by atoms with Gasteiger partial charge in [-0.2, -0.15) is 0 Å². The molecule has 0 saturated heterocycles. The van der Waals surface area contributed by atoms with Crippen LogP contribution in [0.25, 0.3) is 0 Å². The Labute approximate surface area is 470 Å². The second kappa shape index (κ2) is 25.7. The highest BCUT2D eigenvalue weighted by atomic mass is 16.5. The average molecular weight is 1100 g/mol. The summed E-state index contributed by atoms with van der Waals surface area (Å²) < 4.78 is 5.10. The molecule has 4 aromatic carbocycles. The van der Waals surface area contributed by atoms with Gasteiger partial charge in [-0.25, -0.2) is 9.79 Å². The molecule has 1 saturated carbocycles. The summed E-state index contributed by atoms with van der Waals surface area (Å²) in [7, 11) is 1.76. The number of aliphatic hydroxyl groups excluding tert-OH is 1. The van der Waals surface area contributed by atoms with Crippen LogP contribution in [0.2, 0.25) is 0 Å². The number of benzodiazepines with no additional fused rings is 2. The number of hydrogen-bond donors (Lipinski definition) is 5. The van der Waals surface area contributed by atoms with Gasteiger partial charge in [-0.1, -0.05) is 80.6 Å². The van der Waals surface area contributed by atoms with Crippen LogP contribution < -0.4 is 31.1 Å². The van der Waals surface area contributed by atoms with Crippen molar-refractivity contribution in [3.8, 4) is 0 Å². The van der Waals surface area contributed by atoms with Crippen LogP contribution in [0.4, 0.5) is 33.2 Å². The van der Waals surface area contributed by atoms with Crippen LogP contribution in [0.1, 0.15) is 82.0 Å². The Hall–Kier alpha value is -9.23. The number of aromatic nitrogens is 2. The van der Waals surface area contributed by atoms with Gasteiger partial charge in [0.05, 0.1) is 71.1 Å². The molecular weight excluding hydrogens is 1030 g/mol. The molecule has 1 aliphatic carbocycles. The Bertz CT molecular complexity index is 3380. The van der Waals surface area contributed by atoms with E-state index in [1.165, 1.54) is 16.7 Å². The van der Waals surface area contributed by atoms with Crippen molar-refractivity contribution in [1.29, 1.82) is 0 Å². The number of carbonyl (C=O) groups excluding carboxylic acids is 7. The summed E-state index contributed by atoms with van der Waals surface area (Å²) in [6.45, 7) is 7.39. The highest BCUT2D eigenvalue weighted by molar-refractivity contribution is 6.22. The first-order chi connectivity index (χ1) is 38.9. The number of urea groups is 1. The number of para-hydroxylation sites is 2. The van der Waals surface area contributed by atoms with E-state index in [4.69, 9.17) is 9.73 Å². The molecule has 1 fully saturated rings. The smallest absolute Gasteiger partial charge is 0.321 e. The number of aliphatic imine (C=N–C) groups is 2. The van der Waals surface area contributed by atoms with Gasteiger partial charge in [-0.3, -0.25) is 43.7 Å². The number of pyridine rings is 2. The number of Topliss-reactive ketones (excluding diaryl/α,β-unsaturated/α-hetero) is 2. The van der Waals surface area contributed by atoms with Gasteiger partial charge in [-0.05, 0) is 111 Å². The maximum Gasteiger partial charge on any atom is 0.321 e. The van der Waals surface area contributed by atoms with Gasteiger partial charge in [0.25, 0.3) is 11.8 Å². The minimum absolute atomic E-state index is 0.100. The van der Waals surface area contributed by atoms with E-state index < -0.39 is 46.9 Å². The number of carbonyl (C=O) groups is 7. The Balaban J connectivity index is 0.000000212. The molecule has 2 aromatic heterocycles. The highest BCUT2D eigenvalue weighted by Gasteiger charge is 2.48. The number of fused-ring (bicyclic) bond motifs is 2. The number of ether oxygens (including phenoxy) is 1. The van der Waals surface area contributed by atoms with Gasteiger partial charge in [0.2, 0.25) is 12.1 Å². The van der Waals surface area contributed by atoms with Crippen molar-refractivity contribution in [2.75, 3.05) is 59.1 Å². The predicted octanol–water partition coefficient (Wildman–Crippen LogP) is 7.82. The van der Waals surface area contributed by atoms with Crippen LogP contribution in [0, 0.1) is 16.7 Å². The number of aryl methyl sites for hydroxylation is 1. The quantitative estimate of drug-likeness (QED) is 0.0487. The SMILES string of the molecule is CCc1cccc(NC(=O)CC2N=C(c3ccccn3)c3ccccc3N(CC(=O)C(C)(CO)C3CC3)C2=O)c1.CNc1cccc(NC(=O)NC2N=C(c3ccccn3)c3ccccc3N(CC(=O)C(C)(C)COC(C)=O)C2=O)c1. The Kier molecular flexibility index (Phi) is 18.4. The molecule has 3 atom stereocenters. The van der Waals surface area contributed by atoms with Crippen LogP contribution in [-0.2, 0) is 39.9 Å². The van der Waals surface area contributed by atoms with Crippen LogP contribution in [0.5, 0.6) is 0 Å². The van der Waals surface area contributed by atoms with Crippen molar-refractivity contribution in [3.05, 3.63) is 174 Å². The largest absolute Gasteiger partial charge is 0.465 e. The van der Waals surface area contributed by atoms with Gasteiger partial charge in [0, 0.05) is 54.6 Å². The molecule has 0 spiro atoms. The number of nitrogens with zero attached hydrogens (tertiary/aromatic N) is 6. The number of amides is 5. The molecule has 5 N–H and O–H groups in total. The molecule has 418 valence electrons. The summed E-state index contributed by atoms with van der Waals surface area (Å²) in [6.07, 6.45) is 4.26. The Morgan fingerprint density at radius 3 is 1.79 bits per heavy atom. The molecule has 2 aliphatic heterocycles. The van der Waals surface area contributed by atoms with Gasteiger partial charge >= 0.3 is 12.0 Å². The lowest BCUT2D eigenvalue weighted by molar-refractivity contribution is -0.146. The van der Waals surface area contributed by atoms with E-state index >= 15 is 0 Å². The van der Waals surface area contributed by atoms with Crippen molar-refractivity contribution in [3.63, 3.8) is 0 Å². The molecular formula is C62H66N10O9. The van der Waals surface area contributed by atoms with E-state index in [-0.39, 0.29) is 56.1 Å². The van der Waals surface area contributed by atoms with E-state index in [9.17, 15) is 38.7 Å². The third-order valence-corrected chi connectivity index (χ3v) is 14.4. The second-order valence-corrected chi connectivity index (χ2v) is 20.8. The first-order valence-electron chi connectivity index (χ1n) is 26.8. The molecule has 19 nitrogen and oxygen atoms in total. The van der Waals surface area contributed by atoms with Crippen LogP contribution >= 0.6 is 0 Å². The number of benzene rings is 4. The van der Waals surface area contributed by atoms with Crippen molar-refractivity contribution < 1.29 is 43.4 Å². The number of nitrogens with one attached hydrogen (secondary N) is 4. The summed E-state index contributed by atoms with van der Waals surface area (Å²) >= 11 is 0. The zero-order chi connectivity index (χ0) is 57.8. The third kappa shape index (κ3) is 14.0. The van der Waals surface area contributed by atoms with E-state index in [0.29, 0.717) is 56.7 Å². The lowest BCUT2D eigenvalue weighted by Crippen LogP contribution is -2.51. The van der Waals surface area contributed by atoms with Crippen molar-refractivity contribution >= 4 is 81.1 Å². The average Bonchev–Trinajstić information content (AvgIpc) is 4.52. The van der Waals surface area contributed by atoms with Crippen LogP contribution in [0.3, 0.4) is 0 Å². The summed E-state index contributed by atoms with van der Waals surface area (Å²) in [5.41, 5.74) is 5.13. The first-order valence-corrected chi connectivity index (χ1v) is 26.8. The minimum atomic E-state index is -1.38. The summed E-state index contributed by atoms with van der Waals surface area (Å²) in [6, 6.07) is 38.0. The lowest BCUT2D eigenvalue weighted by Gasteiger charge is -2.31. The molecule has 81 heavy (non-hydrogen) atoms. The summed E-state index contributed by atoms with van der Waals surface area (Å²) in [4.78, 5) is 114. The lowest BCUT2D eigenvalue weighted by atomic mass is 9.81. The topological polar surface area (TPSA) is 254 Å². The Morgan fingerprint density at radius 1 is 0.667 bits per heavy atom. The number of rotatable bonds is 19. The van der Waals surface area contributed by atoms with Crippen molar-refractivity contribution in [2.24, 2.45) is 26.7 Å². The fourth-order valence-corrected chi connectivity index (χ4v) is 9.40. The zero-order valence-corrected chi connectivity index (χ0v) is 46.1. The maximum atomic E-state index is 14.1. The number of anilines is 5. The van der Waals surface area contributed by atoms with Crippen LogP contribution in [0.15, 0.2) is 156 Å². The van der Waals surface area contributed by atoms with Crippen LogP contribution in [-0.4, -0.2) is 113 Å². The summed E-state index contributed by atoms with van der Waals surface area (Å²) in [5, 5.41) is 21.4. The normalized spacial score (nSPS) is 16.5. The maximum absolute atomic E-state index is 14.1. The van der Waals surface area contributed by atoms with Crippen molar-refractivity contribution in [1.82, 2.24) is 15.3 Å². The zero-order valence-electron chi connectivity index (χ0n) is 46.1. The molecule has 3 unspecified atom stereocenters. The van der Waals surface area contributed by atoms with Crippen molar-refractivity contribution in [2.45, 2.75) is 72.5 Å². The van der Waals surface area contributed by atoms with E-state index in [2.05, 4.69) is 36.2 Å². The third-order valence-electron chi connectivity index (χ3n) is 14.4. The predicted molar refractivity (Wildman–Crippen MR) is 310 cm³/mol. The van der Waals surface area contributed by atoms with Gasteiger partial charge in [0.1, 0.15) is 12.6 Å². The van der Waals surface area contributed by atoms with Gasteiger partial charge in [0.15, 0.2) is 11.6 Å². The molecule has 3 aliphatic rings. The fraction of sp³-hybridized carbons (Fsp3) is 0.306. The number of ketones is 2. The van der Waals surface area contributed by atoms with E-state index in [1.54, 1.807) is 119 Å². The monoisotopic (exact) mass is 1090 g/mol. The number of aliphatic hydroxyl groups is 1. The minimum Gasteiger partial charge on any atom is -0.465 e. The summed E-state index contributed by atoms with van der Waals surface area (Å²) in [5.74, 6) is -2.36. The molecule has 5 amide bonds. The van der Waals surface area contributed by atoms with E-state index in [0.717, 1.165) is 30.5 Å². The van der Waals surface area contributed by atoms with E-state index in [1.807, 2.05) is 61.5 Å². The second-order valence-electron chi connectivity index (χ2n) is 20.8. The molecule has 0 bridgehead atoms. The van der Waals surface area contributed by atoms with Gasteiger partial charge < -0.3 is 40.9 Å². The molecule has 19 heteroatoms. The molecule has 0 radical (unpaired) electrons. The first kappa shape index (κ1) is 57.9. The molecule has 4 heterocycles. The fourth-order valence-electron chi connectivity index (χ4n) is 9.40.